The van der Waals surface area contributed by atoms with Crippen LogP contribution >= 0.6 is 0 Å². The lowest BCUT2D eigenvalue weighted by Crippen LogP contribution is -2.16. The van der Waals surface area contributed by atoms with Gasteiger partial charge in [-0.3, -0.25) is 0 Å². The molecule has 0 spiro atoms. The zero-order valence-corrected chi connectivity index (χ0v) is 9.82. The molecule has 0 aromatic carbocycles. The molecule has 1 aromatic heterocycles. The van der Waals surface area contributed by atoms with Gasteiger partial charge in [0.25, 0.3) is 0 Å². The van der Waals surface area contributed by atoms with E-state index in [2.05, 4.69) is 20.6 Å². The third kappa shape index (κ3) is 2.96. The summed E-state index contributed by atoms with van der Waals surface area (Å²) in [5, 5.41) is 15.0. The van der Waals surface area contributed by atoms with Crippen LogP contribution in [0.25, 0.3) is 0 Å². The Balaban J connectivity index is 2.78. The Morgan fingerprint density at radius 1 is 1.44 bits per heavy atom. The molecular formula is C10H18N4O2. The van der Waals surface area contributed by atoms with E-state index in [-0.39, 0.29) is 12.5 Å². The van der Waals surface area contributed by atoms with Crippen LogP contribution in [0.2, 0.25) is 0 Å². The van der Waals surface area contributed by atoms with Gasteiger partial charge in [-0.2, -0.15) is 0 Å². The number of rotatable bonds is 6. The summed E-state index contributed by atoms with van der Waals surface area (Å²) < 4.78 is 5.22. The van der Waals surface area contributed by atoms with E-state index in [4.69, 9.17) is 9.84 Å². The second-order valence-electron chi connectivity index (χ2n) is 3.52. The molecule has 6 nitrogen and oxygen atoms in total. The van der Waals surface area contributed by atoms with Gasteiger partial charge in [0.15, 0.2) is 11.6 Å². The van der Waals surface area contributed by atoms with Crippen molar-refractivity contribution in [2.45, 2.75) is 6.92 Å². The SMILES string of the molecule is CNc1ncnc(NCC(C)CO)c1OC. The van der Waals surface area contributed by atoms with Crippen LogP contribution in [0.3, 0.4) is 0 Å². The standard InChI is InChI=1S/C10H18N4O2/c1-7(5-15)4-12-10-8(16-3)9(11-2)13-6-14-10/h6-7,15H,4-5H2,1-3H3,(H2,11,12,13,14). The first kappa shape index (κ1) is 12.5. The summed E-state index contributed by atoms with van der Waals surface area (Å²) in [6.45, 7) is 2.71. The van der Waals surface area contributed by atoms with Gasteiger partial charge in [0.05, 0.1) is 7.11 Å². The highest BCUT2D eigenvalue weighted by Gasteiger charge is 2.11. The van der Waals surface area contributed by atoms with Gasteiger partial charge in [-0.15, -0.1) is 0 Å². The minimum atomic E-state index is 0.138. The molecule has 0 fully saturated rings. The van der Waals surface area contributed by atoms with Crippen molar-refractivity contribution in [1.29, 1.82) is 0 Å². The first-order valence-corrected chi connectivity index (χ1v) is 5.14. The Morgan fingerprint density at radius 2 is 2.12 bits per heavy atom. The van der Waals surface area contributed by atoms with Crippen LogP contribution < -0.4 is 15.4 Å². The number of hydrogen-bond acceptors (Lipinski definition) is 6. The van der Waals surface area contributed by atoms with E-state index in [1.807, 2.05) is 6.92 Å². The van der Waals surface area contributed by atoms with E-state index in [0.717, 1.165) is 0 Å². The normalized spacial score (nSPS) is 12.0. The van der Waals surface area contributed by atoms with Gasteiger partial charge in [-0.25, -0.2) is 9.97 Å². The molecule has 1 rings (SSSR count). The van der Waals surface area contributed by atoms with Gasteiger partial charge in [0, 0.05) is 20.2 Å². The number of aliphatic hydroxyl groups is 1. The van der Waals surface area contributed by atoms with Crippen molar-refractivity contribution in [3.05, 3.63) is 6.33 Å². The summed E-state index contributed by atoms with van der Waals surface area (Å²) in [4.78, 5) is 8.13. The smallest absolute Gasteiger partial charge is 0.204 e. The molecule has 3 N–H and O–H groups in total. The van der Waals surface area contributed by atoms with Crippen molar-refractivity contribution in [3.8, 4) is 5.75 Å². The molecule has 0 amide bonds. The molecule has 1 aromatic rings. The van der Waals surface area contributed by atoms with E-state index in [0.29, 0.717) is 23.9 Å². The van der Waals surface area contributed by atoms with Gasteiger partial charge < -0.3 is 20.5 Å². The number of methoxy groups -OCH3 is 1. The monoisotopic (exact) mass is 226 g/mol. The third-order valence-corrected chi connectivity index (χ3v) is 2.17. The molecule has 0 bridgehead atoms. The van der Waals surface area contributed by atoms with Crippen molar-refractivity contribution in [2.24, 2.45) is 5.92 Å². The average Bonchev–Trinajstić information content (AvgIpc) is 2.34. The lowest BCUT2D eigenvalue weighted by atomic mass is 10.2. The highest BCUT2D eigenvalue weighted by Crippen LogP contribution is 2.28. The fourth-order valence-electron chi connectivity index (χ4n) is 1.21. The molecule has 1 heterocycles. The molecule has 6 heteroatoms. The Hall–Kier alpha value is -1.56. The average molecular weight is 226 g/mol. The van der Waals surface area contributed by atoms with Crippen molar-refractivity contribution in [1.82, 2.24) is 9.97 Å². The molecule has 16 heavy (non-hydrogen) atoms. The molecule has 1 unspecified atom stereocenters. The van der Waals surface area contributed by atoms with Crippen LogP contribution in [0, 0.1) is 5.92 Å². The second kappa shape index (κ2) is 6.12. The lowest BCUT2D eigenvalue weighted by Gasteiger charge is -2.14. The molecule has 0 aliphatic rings. The number of anilines is 2. The molecule has 0 saturated heterocycles. The minimum absolute atomic E-state index is 0.138. The Bertz CT molecular complexity index is 333. The third-order valence-electron chi connectivity index (χ3n) is 2.17. The van der Waals surface area contributed by atoms with Crippen LogP contribution in [0.4, 0.5) is 11.6 Å². The van der Waals surface area contributed by atoms with E-state index in [9.17, 15) is 0 Å². The summed E-state index contributed by atoms with van der Waals surface area (Å²) in [5.41, 5.74) is 0. The first-order valence-electron chi connectivity index (χ1n) is 5.14. The van der Waals surface area contributed by atoms with Crippen LogP contribution in [0.5, 0.6) is 5.75 Å². The molecule has 90 valence electrons. The molecule has 0 saturated carbocycles. The first-order chi connectivity index (χ1) is 7.72. The lowest BCUT2D eigenvalue weighted by molar-refractivity contribution is 0.244. The van der Waals surface area contributed by atoms with E-state index in [1.54, 1.807) is 14.2 Å². The van der Waals surface area contributed by atoms with Gasteiger partial charge >= 0.3 is 0 Å². The zero-order valence-electron chi connectivity index (χ0n) is 9.82. The van der Waals surface area contributed by atoms with E-state index >= 15 is 0 Å². The number of ether oxygens (including phenoxy) is 1. The Labute approximate surface area is 95.1 Å². The quantitative estimate of drug-likeness (QED) is 0.658. The van der Waals surface area contributed by atoms with Crippen LogP contribution in [0.1, 0.15) is 6.92 Å². The number of aromatic nitrogens is 2. The Kier molecular flexibility index (Phi) is 4.78. The topological polar surface area (TPSA) is 79.3 Å². The van der Waals surface area contributed by atoms with Crippen molar-refractivity contribution in [3.63, 3.8) is 0 Å². The summed E-state index contributed by atoms with van der Waals surface area (Å²) in [7, 11) is 3.34. The largest absolute Gasteiger partial charge is 0.490 e. The summed E-state index contributed by atoms with van der Waals surface area (Å²) >= 11 is 0. The Morgan fingerprint density at radius 3 is 2.69 bits per heavy atom. The predicted molar refractivity (Wildman–Crippen MR) is 62.9 cm³/mol. The second-order valence-corrected chi connectivity index (χ2v) is 3.52. The van der Waals surface area contributed by atoms with E-state index in [1.165, 1.54) is 6.33 Å². The molecular weight excluding hydrogens is 208 g/mol. The maximum absolute atomic E-state index is 8.92. The summed E-state index contributed by atoms with van der Waals surface area (Å²) in [5.74, 6) is 2.01. The highest BCUT2D eigenvalue weighted by atomic mass is 16.5. The van der Waals surface area contributed by atoms with Gasteiger partial charge in [0.2, 0.25) is 5.75 Å². The molecule has 0 aliphatic carbocycles. The molecule has 0 aliphatic heterocycles. The van der Waals surface area contributed by atoms with E-state index < -0.39 is 0 Å². The molecule has 0 radical (unpaired) electrons. The summed E-state index contributed by atoms with van der Waals surface area (Å²) in [6, 6.07) is 0. The molecule has 1 atom stereocenters. The zero-order chi connectivity index (χ0) is 12.0. The van der Waals surface area contributed by atoms with Crippen molar-refractivity contribution in [2.75, 3.05) is 37.9 Å². The fourth-order valence-corrected chi connectivity index (χ4v) is 1.21. The number of nitrogens with zero attached hydrogens (tertiary/aromatic N) is 2. The maximum atomic E-state index is 8.92. The highest BCUT2D eigenvalue weighted by molar-refractivity contribution is 5.63. The van der Waals surface area contributed by atoms with Gasteiger partial charge in [0.1, 0.15) is 6.33 Å². The predicted octanol–water partition coefficient (Wildman–Crippen LogP) is 0.567. The maximum Gasteiger partial charge on any atom is 0.204 e. The fraction of sp³-hybridized carbons (Fsp3) is 0.600. The summed E-state index contributed by atoms with van der Waals surface area (Å²) in [6.07, 6.45) is 1.46. The van der Waals surface area contributed by atoms with Gasteiger partial charge in [-0.1, -0.05) is 6.92 Å². The van der Waals surface area contributed by atoms with Crippen molar-refractivity contribution >= 4 is 11.6 Å². The van der Waals surface area contributed by atoms with Gasteiger partial charge in [-0.05, 0) is 5.92 Å². The van der Waals surface area contributed by atoms with Crippen LogP contribution in [-0.2, 0) is 0 Å². The van der Waals surface area contributed by atoms with Crippen LogP contribution in [0.15, 0.2) is 6.33 Å². The van der Waals surface area contributed by atoms with Crippen LogP contribution in [-0.4, -0.2) is 42.4 Å². The number of hydrogen-bond donors (Lipinski definition) is 3. The number of nitrogens with one attached hydrogen (secondary N) is 2. The number of aliphatic hydroxyl groups excluding tert-OH is 1. The van der Waals surface area contributed by atoms with Crippen molar-refractivity contribution < 1.29 is 9.84 Å². The minimum Gasteiger partial charge on any atom is -0.490 e.